The third-order valence-electron chi connectivity index (χ3n) is 5.70. The number of pyridine rings is 1. The Balaban J connectivity index is 1.56. The fourth-order valence-electron chi connectivity index (χ4n) is 4.27. The average molecular weight is 449 g/mol. The number of fused-ring (bicyclic) bond motifs is 3. The van der Waals surface area contributed by atoms with Gasteiger partial charge in [0.05, 0.1) is 5.69 Å². The van der Waals surface area contributed by atoms with Crippen LogP contribution >= 0.6 is 15.9 Å². The van der Waals surface area contributed by atoms with Crippen LogP contribution < -0.4 is 0 Å². The zero-order valence-electron chi connectivity index (χ0n) is 16.1. The lowest BCUT2D eigenvalue weighted by atomic mass is 9.91. The number of rotatable bonds is 2. The molecular weight excluding hydrogens is 432 g/mol. The lowest BCUT2D eigenvalue weighted by Gasteiger charge is -2.14. The van der Waals surface area contributed by atoms with Crippen molar-refractivity contribution in [1.82, 2.24) is 9.38 Å². The van der Waals surface area contributed by atoms with Gasteiger partial charge in [-0.1, -0.05) is 78.9 Å². The molecule has 30 heavy (non-hydrogen) atoms. The first-order chi connectivity index (χ1) is 14.8. The second kappa shape index (κ2) is 6.82. The molecule has 6 aromatic rings. The predicted octanol–water partition coefficient (Wildman–Crippen LogP) is 7.74. The molecule has 0 N–H and O–H groups in total. The molecule has 0 amide bonds. The fourth-order valence-corrected chi connectivity index (χ4v) is 4.96. The Labute approximate surface area is 182 Å². The van der Waals surface area contributed by atoms with Gasteiger partial charge in [-0.05, 0) is 60.7 Å². The van der Waals surface area contributed by atoms with Crippen LogP contribution in [0.25, 0.3) is 49.6 Å². The number of benzene rings is 4. The van der Waals surface area contributed by atoms with Gasteiger partial charge in [-0.2, -0.15) is 0 Å². The van der Waals surface area contributed by atoms with Crippen molar-refractivity contribution >= 4 is 43.1 Å². The summed E-state index contributed by atoms with van der Waals surface area (Å²) in [6.45, 7) is 0. The van der Waals surface area contributed by atoms with E-state index in [-0.39, 0.29) is 0 Å². The molecule has 2 nitrogen and oxygen atoms in total. The average Bonchev–Trinajstić information content (AvgIpc) is 3.24. The molecule has 3 heteroatoms. The normalized spacial score (nSPS) is 11.5. The van der Waals surface area contributed by atoms with Crippen LogP contribution in [0.1, 0.15) is 0 Å². The Kier molecular flexibility index (Phi) is 3.96. The molecule has 0 fully saturated rings. The van der Waals surface area contributed by atoms with Gasteiger partial charge in [0, 0.05) is 22.4 Å². The molecule has 0 saturated heterocycles. The maximum absolute atomic E-state index is 4.75. The second-order valence-electron chi connectivity index (χ2n) is 7.45. The molecule has 142 valence electrons. The van der Waals surface area contributed by atoms with E-state index < -0.39 is 0 Å². The molecule has 0 radical (unpaired) electrons. The van der Waals surface area contributed by atoms with Gasteiger partial charge in [0.15, 0.2) is 0 Å². The summed E-state index contributed by atoms with van der Waals surface area (Å²) in [5, 5.41) is 4.97. The molecule has 0 aliphatic carbocycles. The summed E-state index contributed by atoms with van der Waals surface area (Å²) in [7, 11) is 0. The van der Waals surface area contributed by atoms with Crippen molar-refractivity contribution in [2.45, 2.75) is 0 Å². The van der Waals surface area contributed by atoms with Crippen molar-refractivity contribution in [2.24, 2.45) is 0 Å². The zero-order valence-corrected chi connectivity index (χ0v) is 17.7. The fraction of sp³-hybridized carbons (Fsp3) is 0. The Morgan fingerprint density at radius 3 is 1.80 bits per heavy atom. The highest BCUT2D eigenvalue weighted by Gasteiger charge is 2.14. The number of hydrogen-bond acceptors (Lipinski definition) is 1. The monoisotopic (exact) mass is 448 g/mol. The summed E-state index contributed by atoms with van der Waals surface area (Å²) in [5.41, 5.74) is 5.54. The summed E-state index contributed by atoms with van der Waals surface area (Å²) in [4.78, 5) is 4.75. The Hall–Kier alpha value is -3.43. The van der Waals surface area contributed by atoms with Gasteiger partial charge >= 0.3 is 0 Å². The van der Waals surface area contributed by atoms with Crippen molar-refractivity contribution in [1.29, 1.82) is 0 Å². The minimum absolute atomic E-state index is 0.960. The molecule has 6 rings (SSSR count). The number of hydrogen-bond donors (Lipinski definition) is 0. The summed E-state index contributed by atoms with van der Waals surface area (Å²) < 4.78 is 3.21. The van der Waals surface area contributed by atoms with Gasteiger partial charge in [0.2, 0.25) is 0 Å². The Morgan fingerprint density at radius 1 is 0.600 bits per heavy atom. The minimum atomic E-state index is 0.960. The first-order valence-corrected chi connectivity index (χ1v) is 10.7. The quantitative estimate of drug-likeness (QED) is 0.247. The molecule has 0 aliphatic rings. The van der Waals surface area contributed by atoms with Gasteiger partial charge in [-0.15, -0.1) is 0 Å². The molecule has 0 spiro atoms. The van der Waals surface area contributed by atoms with Crippen molar-refractivity contribution < 1.29 is 0 Å². The van der Waals surface area contributed by atoms with E-state index in [2.05, 4.69) is 99.3 Å². The summed E-state index contributed by atoms with van der Waals surface area (Å²) in [5.74, 6) is 0. The maximum atomic E-state index is 4.75. The Morgan fingerprint density at radius 2 is 1.17 bits per heavy atom. The van der Waals surface area contributed by atoms with Crippen LogP contribution in [0.5, 0.6) is 0 Å². The van der Waals surface area contributed by atoms with Crippen LogP contribution in [-0.2, 0) is 0 Å². The first-order valence-electron chi connectivity index (χ1n) is 9.93. The topological polar surface area (TPSA) is 17.3 Å². The van der Waals surface area contributed by atoms with E-state index in [1.807, 2.05) is 24.4 Å². The second-order valence-corrected chi connectivity index (χ2v) is 8.24. The summed E-state index contributed by atoms with van der Waals surface area (Å²) >= 11 is 3.84. The van der Waals surface area contributed by atoms with Crippen LogP contribution in [0.2, 0.25) is 0 Å². The molecule has 0 atom stereocenters. The molecule has 0 unspecified atom stereocenters. The van der Waals surface area contributed by atoms with E-state index in [4.69, 9.17) is 4.98 Å². The van der Waals surface area contributed by atoms with E-state index in [1.54, 1.807) is 0 Å². The van der Waals surface area contributed by atoms with Crippen LogP contribution in [-0.4, -0.2) is 9.38 Å². The van der Waals surface area contributed by atoms with Gasteiger partial charge in [-0.25, -0.2) is 4.98 Å². The molecule has 0 bridgehead atoms. The summed E-state index contributed by atoms with van der Waals surface area (Å²) in [6.07, 6.45) is 4.11. The van der Waals surface area contributed by atoms with Crippen LogP contribution in [0, 0.1) is 0 Å². The SMILES string of the molecule is Brc1c2ccccc2c(-c2ccc(-c3cn4ccccc4n3)cc2)c2ccccc12. The van der Waals surface area contributed by atoms with Crippen molar-refractivity contribution in [2.75, 3.05) is 0 Å². The van der Waals surface area contributed by atoms with Crippen molar-refractivity contribution in [3.63, 3.8) is 0 Å². The summed E-state index contributed by atoms with van der Waals surface area (Å²) in [6, 6.07) is 32.0. The highest BCUT2D eigenvalue weighted by Crippen LogP contribution is 2.41. The number of aromatic nitrogens is 2. The Bertz CT molecular complexity index is 1450. The standard InChI is InChI=1S/C27H17BrN2/c28-27-22-9-3-1-7-20(22)26(21-8-2-4-10-23(21)27)19-14-12-18(13-15-19)24-17-30-16-6-5-11-25(30)29-24/h1-17H. The number of imidazole rings is 1. The molecule has 0 saturated carbocycles. The zero-order chi connectivity index (χ0) is 20.1. The minimum Gasteiger partial charge on any atom is -0.306 e. The number of halogens is 1. The van der Waals surface area contributed by atoms with E-state index in [1.165, 1.54) is 32.7 Å². The van der Waals surface area contributed by atoms with Crippen molar-refractivity contribution in [3.8, 4) is 22.4 Å². The van der Waals surface area contributed by atoms with E-state index in [0.717, 1.165) is 21.4 Å². The third-order valence-corrected chi connectivity index (χ3v) is 6.55. The van der Waals surface area contributed by atoms with E-state index in [9.17, 15) is 0 Å². The highest BCUT2D eigenvalue weighted by molar-refractivity contribution is 9.10. The smallest absolute Gasteiger partial charge is 0.137 e. The van der Waals surface area contributed by atoms with E-state index in [0.29, 0.717) is 0 Å². The molecule has 2 heterocycles. The van der Waals surface area contributed by atoms with Crippen LogP contribution in [0.3, 0.4) is 0 Å². The van der Waals surface area contributed by atoms with E-state index >= 15 is 0 Å². The number of nitrogens with zero attached hydrogens (tertiary/aromatic N) is 2. The molecular formula is C27H17BrN2. The largest absolute Gasteiger partial charge is 0.306 e. The molecule has 4 aromatic carbocycles. The molecule has 0 aliphatic heterocycles. The molecule has 2 aromatic heterocycles. The van der Waals surface area contributed by atoms with Crippen LogP contribution in [0.15, 0.2) is 108 Å². The third kappa shape index (κ3) is 2.66. The maximum Gasteiger partial charge on any atom is 0.137 e. The van der Waals surface area contributed by atoms with Crippen molar-refractivity contribution in [3.05, 3.63) is 108 Å². The lowest BCUT2D eigenvalue weighted by molar-refractivity contribution is 1.19. The van der Waals surface area contributed by atoms with Gasteiger partial charge in [-0.3, -0.25) is 0 Å². The van der Waals surface area contributed by atoms with Crippen LogP contribution in [0.4, 0.5) is 0 Å². The van der Waals surface area contributed by atoms with Gasteiger partial charge in [0.25, 0.3) is 0 Å². The first kappa shape index (κ1) is 17.4. The predicted molar refractivity (Wildman–Crippen MR) is 129 cm³/mol. The van der Waals surface area contributed by atoms with Gasteiger partial charge < -0.3 is 4.40 Å². The lowest BCUT2D eigenvalue weighted by Crippen LogP contribution is -1.88. The van der Waals surface area contributed by atoms with Gasteiger partial charge in [0.1, 0.15) is 5.65 Å². The highest BCUT2D eigenvalue weighted by atomic mass is 79.9.